The minimum Gasteiger partial charge on any atom is -0.350 e. The molecule has 0 radical (unpaired) electrons. The van der Waals surface area contributed by atoms with Crippen LogP contribution >= 0.6 is 0 Å². The van der Waals surface area contributed by atoms with Gasteiger partial charge in [0, 0.05) is 17.3 Å². The molecule has 1 aliphatic carbocycles. The first-order valence-corrected chi connectivity index (χ1v) is 12.5. The third-order valence-corrected chi connectivity index (χ3v) is 8.65. The van der Waals surface area contributed by atoms with Crippen LogP contribution in [0, 0.1) is 18.3 Å². The molecule has 0 N–H and O–H groups in total. The number of hydrogen-bond donors (Lipinski definition) is 0. The molecule has 0 amide bonds. The summed E-state index contributed by atoms with van der Waals surface area (Å²) in [5.41, 5.74) is 6.23. The van der Waals surface area contributed by atoms with E-state index in [1.165, 1.54) is 43.4 Å². The van der Waals surface area contributed by atoms with Gasteiger partial charge < -0.3 is 4.90 Å². The fourth-order valence-electron chi connectivity index (χ4n) is 7.34. The summed E-state index contributed by atoms with van der Waals surface area (Å²) in [6, 6.07) is 19.3. The van der Waals surface area contributed by atoms with Gasteiger partial charge in [0.05, 0.1) is 12.2 Å². The molecular weight excluding hydrogens is 376 g/mol. The van der Waals surface area contributed by atoms with E-state index in [0.29, 0.717) is 18.2 Å². The number of fused-ring (bicyclic) bond motifs is 3. The van der Waals surface area contributed by atoms with Crippen LogP contribution in [0.4, 0.5) is 5.69 Å². The monoisotopic (exact) mass is 416 g/mol. The highest BCUT2D eigenvalue weighted by molar-refractivity contribution is 5.59. The minimum atomic E-state index is 0.103. The van der Waals surface area contributed by atoms with E-state index in [2.05, 4.69) is 99.9 Å². The number of anilines is 1. The largest absolute Gasteiger partial charge is 0.350 e. The van der Waals surface area contributed by atoms with Gasteiger partial charge in [-0.1, -0.05) is 82.5 Å². The van der Waals surface area contributed by atoms with Crippen LogP contribution in [0.2, 0.25) is 0 Å². The molecule has 0 aromatic heterocycles. The number of para-hydroxylation sites is 1. The zero-order valence-corrected chi connectivity index (χ0v) is 20.4. The van der Waals surface area contributed by atoms with Gasteiger partial charge in [0.15, 0.2) is 0 Å². The van der Waals surface area contributed by atoms with Gasteiger partial charge in [0.2, 0.25) is 0 Å². The summed E-state index contributed by atoms with van der Waals surface area (Å²) in [5, 5.41) is 0. The zero-order valence-electron chi connectivity index (χ0n) is 20.4. The van der Waals surface area contributed by atoms with Crippen molar-refractivity contribution in [2.45, 2.75) is 97.4 Å². The van der Waals surface area contributed by atoms with Gasteiger partial charge in [-0.15, -0.1) is 0 Å². The number of benzene rings is 2. The van der Waals surface area contributed by atoms with Crippen molar-refractivity contribution in [2.75, 3.05) is 4.90 Å². The molecule has 4 atom stereocenters. The molecule has 2 aliphatic heterocycles. The van der Waals surface area contributed by atoms with Crippen LogP contribution in [-0.4, -0.2) is 17.1 Å². The second kappa shape index (κ2) is 7.37. The van der Waals surface area contributed by atoms with E-state index in [9.17, 15) is 0 Å². The van der Waals surface area contributed by atoms with E-state index in [4.69, 9.17) is 0 Å². The number of aryl methyl sites for hydroxylation is 1. The lowest BCUT2D eigenvalue weighted by molar-refractivity contribution is -0.0270. The highest BCUT2D eigenvalue weighted by atomic mass is 15.5. The van der Waals surface area contributed by atoms with Crippen molar-refractivity contribution in [3.63, 3.8) is 0 Å². The van der Waals surface area contributed by atoms with Crippen molar-refractivity contribution in [1.82, 2.24) is 4.90 Å². The quantitative estimate of drug-likeness (QED) is 0.502. The third-order valence-electron chi connectivity index (χ3n) is 8.65. The SMILES string of the molecule is Cc1ccccc1N1C(C(C)(C)C)N2C(c3ccccc3C2(C)C2CCCCC2)[C@@H]1C. The lowest BCUT2D eigenvalue weighted by Crippen LogP contribution is -2.56. The van der Waals surface area contributed by atoms with Crippen LogP contribution in [0.3, 0.4) is 0 Å². The van der Waals surface area contributed by atoms with E-state index >= 15 is 0 Å². The summed E-state index contributed by atoms with van der Waals surface area (Å²) in [7, 11) is 0. The normalized spacial score (nSPS) is 31.7. The van der Waals surface area contributed by atoms with E-state index in [1.54, 1.807) is 11.1 Å². The summed E-state index contributed by atoms with van der Waals surface area (Å²) < 4.78 is 0. The van der Waals surface area contributed by atoms with Crippen LogP contribution in [0.25, 0.3) is 0 Å². The van der Waals surface area contributed by atoms with Crippen LogP contribution in [0.15, 0.2) is 48.5 Å². The van der Waals surface area contributed by atoms with Gasteiger partial charge in [-0.3, -0.25) is 4.90 Å². The summed E-state index contributed by atoms with van der Waals surface area (Å²) in [4.78, 5) is 5.75. The fraction of sp³-hybridized carbons (Fsp3) is 0.586. The minimum absolute atomic E-state index is 0.103. The lowest BCUT2D eigenvalue weighted by atomic mass is 9.71. The molecular formula is C29H40N2. The molecule has 31 heavy (non-hydrogen) atoms. The van der Waals surface area contributed by atoms with Crippen molar-refractivity contribution in [3.8, 4) is 0 Å². The van der Waals surface area contributed by atoms with Crippen molar-refractivity contribution >= 4 is 5.69 Å². The Morgan fingerprint density at radius 1 is 0.903 bits per heavy atom. The molecule has 2 aromatic carbocycles. The summed E-state index contributed by atoms with van der Waals surface area (Å²) in [5.74, 6) is 0.737. The second-order valence-electron chi connectivity index (χ2n) is 11.6. The highest BCUT2D eigenvalue weighted by Crippen LogP contribution is 2.61. The maximum atomic E-state index is 2.98. The van der Waals surface area contributed by atoms with Crippen LogP contribution in [0.1, 0.15) is 89.5 Å². The van der Waals surface area contributed by atoms with E-state index in [1.807, 2.05) is 0 Å². The second-order valence-corrected chi connectivity index (χ2v) is 11.6. The first-order chi connectivity index (χ1) is 14.8. The first kappa shape index (κ1) is 21.1. The molecule has 2 heterocycles. The maximum Gasteiger partial charge on any atom is 0.0886 e. The van der Waals surface area contributed by atoms with E-state index in [-0.39, 0.29) is 11.0 Å². The lowest BCUT2D eigenvalue weighted by Gasteiger charge is -2.51. The van der Waals surface area contributed by atoms with Crippen LogP contribution in [0.5, 0.6) is 0 Å². The molecule has 3 unspecified atom stereocenters. The Labute approximate surface area is 189 Å². The zero-order chi connectivity index (χ0) is 22.0. The molecule has 1 saturated heterocycles. The predicted molar refractivity (Wildman–Crippen MR) is 131 cm³/mol. The van der Waals surface area contributed by atoms with Crippen molar-refractivity contribution in [3.05, 3.63) is 65.2 Å². The molecule has 0 bridgehead atoms. The average molecular weight is 417 g/mol. The Morgan fingerprint density at radius 3 is 2.23 bits per heavy atom. The van der Waals surface area contributed by atoms with Gasteiger partial charge in [0.25, 0.3) is 0 Å². The molecule has 1 saturated carbocycles. The average Bonchev–Trinajstić information content (AvgIpc) is 3.21. The van der Waals surface area contributed by atoms with Crippen molar-refractivity contribution < 1.29 is 0 Å². The topological polar surface area (TPSA) is 6.48 Å². The van der Waals surface area contributed by atoms with Crippen LogP contribution in [-0.2, 0) is 5.54 Å². The molecule has 3 aliphatic rings. The molecule has 2 nitrogen and oxygen atoms in total. The number of rotatable bonds is 2. The Balaban J connectivity index is 1.72. The van der Waals surface area contributed by atoms with Gasteiger partial charge >= 0.3 is 0 Å². The van der Waals surface area contributed by atoms with Crippen molar-refractivity contribution in [1.29, 1.82) is 0 Å². The standard InChI is InChI=1S/C29H40N2/c1-20-14-10-13-19-25(20)30-21(2)26-23-17-11-12-18-24(23)29(6,22-15-8-7-9-16-22)31(26)27(30)28(3,4)5/h10-14,17-19,21-22,26-27H,7-9,15-16H2,1-6H3/t21-,26?,27?,29?/m0/s1. The van der Waals surface area contributed by atoms with Crippen LogP contribution < -0.4 is 4.90 Å². The van der Waals surface area contributed by atoms with E-state index < -0.39 is 0 Å². The van der Waals surface area contributed by atoms with Gasteiger partial charge in [-0.2, -0.15) is 0 Å². The Bertz CT molecular complexity index is 951. The first-order valence-electron chi connectivity index (χ1n) is 12.5. The molecule has 0 spiro atoms. The summed E-state index contributed by atoms with van der Waals surface area (Å²) in [6.07, 6.45) is 7.28. The predicted octanol–water partition coefficient (Wildman–Crippen LogP) is 7.43. The van der Waals surface area contributed by atoms with Gasteiger partial charge in [0.1, 0.15) is 0 Å². The Hall–Kier alpha value is -1.80. The number of nitrogens with zero attached hydrogens (tertiary/aromatic N) is 2. The molecule has 5 rings (SSSR count). The smallest absolute Gasteiger partial charge is 0.0886 e. The number of hydrogen-bond acceptors (Lipinski definition) is 2. The fourth-order valence-corrected chi connectivity index (χ4v) is 7.34. The van der Waals surface area contributed by atoms with Gasteiger partial charge in [-0.05, 0) is 67.7 Å². The summed E-state index contributed by atoms with van der Waals surface area (Å²) in [6.45, 7) is 14.7. The molecule has 2 heteroatoms. The summed E-state index contributed by atoms with van der Waals surface area (Å²) >= 11 is 0. The molecule has 2 aromatic rings. The highest BCUT2D eigenvalue weighted by Gasteiger charge is 2.62. The van der Waals surface area contributed by atoms with E-state index in [0.717, 1.165) is 5.92 Å². The van der Waals surface area contributed by atoms with Gasteiger partial charge in [-0.25, -0.2) is 0 Å². The maximum absolute atomic E-state index is 2.98. The Kier molecular flexibility index (Phi) is 5.01. The van der Waals surface area contributed by atoms with Crippen molar-refractivity contribution in [2.24, 2.45) is 11.3 Å². The molecule has 2 fully saturated rings. The third kappa shape index (κ3) is 3.01. The Morgan fingerprint density at radius 2 is 1.55 bits per heavy atom. The molecule has 166 valence electrons.